The van der Waals surface area contributed by atoms with Gasteiger partial charge < -0.3 is 20.9 Å². The average molecular weight is 551 g/mol. The SMILES string of the molecule is CCC(C)NC(=O)c1cccc(CNC(=NC)NCCc2c[nH]c3cc(F)ccc23)c1.I. The van der Waals surface area contributed by atoms with E-state index in [0.29, 0.717) is 24.6 Å². The molecule has 1 aromatic heterocycles. The van der Waals surface area contributed by atoms with Crippen LogP contribution in [0.2, 0.25) is 0 Å². The number of aromatic amines is 1. The van der Waals surface area contributed by atoms with E-state index in [2.05, 4.69) is 25.9 Å². The summed E-state index contributed by atoms with van der Waals surface area (Å²) < 4.78 is 13.3. The predicted octanol–water partition coefficient (Wildman–Crippen LogP) is 4.36. The van der Waals surface area contributed by atoms with Gasteiger partial charge in [0, 0.05) is 48.8 Å². The number of benzene rings is 2. The number of H-pyrrole nitrogens is 1. The van der Waals surface area contributed by atoms with Crippen LogP contribution in [0.3, 0.4) is 0 Å². The number of guanidine groups is 1. The summed E-state index contributed by atoms with van der Waals surface area (Å²) in [6.07, 6.45) is 3.58. The van der Waals surface area contributed by atoms with Crippen LogP contribution < -0.4 is 16.0 Å². The van der Waals surface area contributed by atoms with E-state index >= 15 is 0 Å². The molecule has 0 aliphatic rings. The summed E-state index contributed by atoms with van der Waals surface area (Å²) in [5.74, 6) is 0.378. The second-order valence-electron chi connectivity index (χ2n) is 7.59. The largest absolute Gasteiger partial charge is 0.361 e. The molecule has 3 aromatic rings. The first-order chi connectivity index (χ1) is 15.0. The highest BCUT2D eigenvalue weighted by atomic mass is 127. The number of nitrogens with one attached hydrogen (secondary N) is 4. The Balaban J connectivity index is 0.00000363. The van der Waals surface area contributed by atoms with Crippen molar-refractivity contribution in [3.05, 3.63) is 71.2 Å². The van der Waals surface area contributed by atoms with Gasteiger partial charge in [0.1, 0.15) is 5.82 Å². The number of hydrogen-bond donors (Lipinski definition) is 4. The monoisotopic (exact) mass is 551 g/mol. The van der Waals surface area contributed by atoms with Crippen molar-refractivity contribution in [3.8, 4) is 0 Å². The summed E-state index contributed by atoms with van der Waals surface area (Å²) in [6.45, 7) is 5.27. The van der Waals surface area contributed by atoms with Crippen LogP contribution in [0.25, 0.3) is 10.9 Å². The zero-order valence-electron chi connectivity index (χ0n) is 18.7. The Morgan fingerprint density at radius 3 is 2.75 bits per heavy atom. The van der Waals surface area contributed by atoms with Crippen LogP contribution in [-0.4, -0.2) is 36.5 Å². The molecule has 1 amide bonds. The lowest BCUT2D eigenvalue weighted by molar-refractivity contribution is 0.0939. The Kier molecular flexibility index (Phi) is 9.96. The molecule has 0 saturated heterocycles. The molecule has 4 N–H and O–H groups in total. The first kappa shape index (κ1) is 25.6. The van der Waals surface area contributed by atoms with E-state index in [1.807, 2.05) is 44.3 Å². The number of fused-ring (bicyclic) bond motifs is 1. The molecule has 0 saturated carbocycles. The number of aromatic nitrogens is 1. The van der Waals surface area contributed by atoms with E-state index in [4.69, 9.17) is 0 Å². The van der Waals surface area contributed by atoms with Gasteiger partial charge in [0.2, 0.25) is 0 Å². The second kappa shape index (κ2) is 12.4. The van der Waals surface area contributed by atoms with E-state index < -0.39 is 0 Å². The smallest absolute Gasteiger partial charge is 0.251 e. The fraction of sp³-hybridized carbons (Fsp3) is 0.333. The number of rotatable bonds is 8. The summed E-state index contributed by atoms with van der Waals surface area (Å²) in [6, 6.07) is 12.5. The minimum Gasteiger partial charge on any atom is -0.361 e. The normalized spacial score (nSPS) is 12.2. The highest BCUT2D eigenvalue weighted by Gasteiger charge is 2.09. The zero-order chi connectivity index (χ0) is 22.2. The Morgan fingerprint density at radius 2 is 2.00 bits per heavy atom. The van der Waals surface area contributed by atoms with E-state index in [1.165, 1.54) is 12.1 Å². The summed E-state index contributed by atoms with van der Waals surface area (Å²) >= 11 is 0. The zero-order valence-corrected chi connectivity index (χ0v) is 21.0. The number of amides is 1. The number of carbonyl (C=O) groups is 1. The van der Waals surface area contributed by atoms with Crippen LogP contribution >= 0.6 is 24.0 Å². The van der Waals surface area contributed by atoms with Crippen molar-refractivity contribution in [2.45, 2.75) is 39.3 Å². The molecule has 1 heterocycles. The van der Waals surface area contributed by atoms with E-state index in [1.54, 1.807) is 13.1 Å². The topological polar surface area (TPSA) is 81.3 Å². The summed E-state index contributed by atoms with van der Waals surface area (Å²) in [4.78, 5) is 19.7. The summed E-state index contributed by atoms with van der Waals surface area (Å²) in [7, 11) is 1.72. The molecule has 0 radical (unpaired) electrons. The molecule has 8 heteroatoms. The molecular formula is C24H31FIN5O. The maximum atomic E-state index is 13.3. The number of hydrogen-bond acceptors (Lipinski definition) is 2. The van der Waals surface area contributed by atoms with Crippen LogP contribution in [0.15, 0.2) is 53.7 Å². The van der Waals surface area contributed by atoms with Crippen LogP contribution in [0.4, 0.5) is 4.39 Å². The van der Waals surface area contributed by atoms with Crippen molar-refractivity contribution in [2.75, 3.05) is 13.6 Å². The number of nitrogens with zero attached hydrogens (tertiary/aromatic N) is 1. The van der Waals surface area contributed by atoms with Gasteiger partial charge >= 0.3 is 0 Å². The Labute approximate surface area is 205 Å². The molecule has 0 spiro atoms. The molecule has 6 nitrogen and oxygen atoms in total. The third-order valence-corrected chi connectivity index (χ3v) is 5.28. The minimum atomic E-state index is -0.245. The Bertz CT molecular complexity index is 1070. The first-order valence-corrected chi connectivity index (χ1v) is 10.6. The third kappa shape index (κ3) is 6.94. The maximum Gasteiger partial charge on any atom is 0.251 e. The number of halogens is 2. The third-order valence-electron chi connectivity index (χ3n) is 5.28. The quantitative estimate of drug-likeness (QED) is 0.191. The van der Waals surface area contributed by atoms with Gasteiger partial charge in [0.05, 0.1) is 0 Å². The van der Waals surface area contributed by atoms with Crippen molar-refractivity contribution in [1.29, 1.82) is 0 Å². The number of carbonyl (C=O) groups excluding carboxylic acids is 1. The maximum absolute atomic E-state index is 13.3. The van der Waals surface area contributed by atoms with Crippen molar-refractivity contribution in [2.24, 2.45) is 4.99 Å². The standard InChI is InChI=1S/C24H30FN5O.HI/c1-4-16(2)30-23(31)18-7-5-6-17(12-18)14-29-24(26-3)27-11-10-19-15-28-22-13-20(25)8-9-21(19)22;/h5-9,12-13,15-16,28H,4,10-11,14H2,1-3H3,(H,30,31)(H2,26,27,29);1H. The van der Waals surface area contributed by atoms with E-state index in [0.717, 1.165) is 34.9 Å². The molecular weight excluding hydrogens is 520 g/mol. The number of aliphatic imine (C=N–C) groups is 1. The molecule has 0 fully saturated rings. The highest BCUT2D eigenvalue weighted by Crippen LogP contribution is 2.19. The molecule has 172 valence electrons. The summed E-state index contributed by atoms with van der Waals surface area (Å²) in [5, 5.41) is 10.6. The van der Waals surface area contributed by atoms with Crippen molar-refractivity contribution >= 4 is 46.7 Å². The van der Waals surface area contributed by atoms with E-state index in [-0.39, 0.29) is 41.7 Å². The second-order valence-corrected chi connectivity index (χ2v) is 7.59. The van der Waals surface area contributed by atoms with Gasteiger partial charge in [-0.2, -0.15) is 0 Å². The molecule has 1 unspecified atom stereocenters. The first-order valence-electron chi connectivity index (χ1n) is 10.6. The van der Waals surface area contributed by atoms with Gasteiger partial charge in [0.15, 0.2) is 5.96 Å². The molecule has 3 rings (SSSR count). The van der Waals surface area contributed by atoms with Gasteiger partial charge in [0.25, 0.3) is 5.91 Å². The van der Waals surface area contributed by atoms with E-state index in [9.17, 15) is 9.18 Å². The minimum absolute atomic E-state index is 0. The lowest BCUT2D eigenvalue weighted by Crippen LogP contribution is -2.38. The van der Waals surface area contributed by atoms with Gasteiger partial charge in [-0.3, -0.25) is 9.79 Å². The van der Waals surface area contributed by atoms with Crippen LogP contribution in [0.1, 0.15) is 41.8 Å². The van der Waals surface area contributed by atoms with Crippen molar-refractivity contribution in [1.82, 2.24) is 20.9 Å². The fourth-order valence-electron chi connectivity index (χ4n) is 3.32. The predicted molar refractivity (Wildman–Crippen MR) is 139 cm³/mol. The molecule has 1 atom stereocenters. The van der Waals surface area contributed by atoms with Gasteiger partial charge in [-0.15, -0.1) is 24.0 Å². The van der Waals surface area contributed by atoms with Crippen LogP contribution in [0.5, 0.6) is 0 Å². The van der Waals surface area contributed by atoms with Crippen LogP contribution in [0, 0.1) is 5.82 Å². The van der Waals surface area contributed by atoms with Gasteiger partial charge in [-0.05, 0) is 61.2 Å². The fourth-order valence-corrected chi connectivity index (χ4v) is 3.32. The lowest BCUT2D eigenvalue weighted by atomic mass is 10.1. The van der Waals surface area contributed by atoms with Gasteiger partial charge in [-0.25, -0.2) is 4.39 Å². The molecule has 0 aliphatic heterocycles. The lowest BCUT2D eigenvalue weighted by Gasteiger charge is -2.14. The van der Waals surface area contributed by atoms with Crippen LogP contribution in [-0.2, 0) is 13.0 Å². The molecule has 32 heavy (non-hydrogen) atoms. The average Bonchev–Trinajstić information content (AvgIpc) is 3.17. The Morgan fingerprint density at radius 1 is 1.19 bits per heavy atom. The molecule has 0 bridgehead atoms. The van der Waals surface area contributed by atoms with Gasteiger partial charge in [-0.1, -0.05) is 19.1 Å². The molecule has 0 aliphatic carbocycles. The molecule has 2 aromatic carbocycles. The highest BCUT2D eigenvalue weighted by molar-refractivity contribution is 14.0. The van der Waals surface area contributed by atoms with Crippen molar-refractivity contribution < 1.29 is 9.18 Å². The van der Waals surface area contributed by atoms with Crippen molar-refractivity contribution in [3.63, 3.8) is 0 Å². The summed E-state index contributed by atoms with van der Waals surface area (Å²) in [5.41, 5.74) is 3.57. The Hall–Kier alpha value is -2.62.